The molecular weight excluding hydrogens is 372 g/mol. The first-order valence-corrected chi connectivity index (χ1v) is 11.2. The van der Waals surface area contributed by atoms with Crippen LogP contribution < -0.4 is 4.90 Å². The second-order valence-electron chi connectivity index (χ2n) is 8.00. The van der Waals surface area contributed by atoms with E-state index in [0.29, 0.717) is 31.1 Å². The van der Waals surface area contributed by atoms with Crippen LogP contribution in [0, 0.1) is 27.7 Å². The fourth-order valence-electron chi connectivity index (χ4n) is 3.85. The molecule has 0 atom stereocenters. The molecule has 0 radical (unpaired) electrons. The van der Waals surface area contributed by atoms with Crippen LogP contribution in [0.3, 0.4) is 0 Å². The first-order chi connectivity index (χ1) is 13.1. The lowest BCUT2D eigenvalue weighted by molar-refractivity contribution is 0.383. The number of sulfonamides is 1. The highest BCUT2D eigenvalue weighted by molar-refractivity contribution is 7.89. The predicted octanol–water partition coefficient (Wildman–Crippen LogP) is 3.34. The maximum atomic E-state index is 13.3. The summed E-state index contributed by atoms with van der Waals surface area (Å²) in [5.74, 6) is 1.97. The van der Waals surface area contributed by atoms with Crippen LogP contribution in [-0.2, 0) is 10.0 Å². The van der Waals surface area contributed by atoms with E-state index in [1.165, 1.54) is 0 Å². The maximum absolute atomic E-state index is 13.3. The molecule has 0 N–H and O–H groups in total. The number of hydrogen-bond donors (Lipinski definition) is 0. The molecule has 1 aliphatic heterocycles. The Morgan fingerprint density at radius 3 is 2.00 bits per heavy atom. The van der Waals surface area contributed by atoms with Gasteiger partial charge in [0.25, 0.3) is 0 Å². The van der Waals surface area contributed by atoms with Crippen LogP contribution in [0.5, 0.6) is 0 Å². The van der Waals surface area contributed by atoms with Crippen LogP contribution in [0.15, 0.2) is 23.1 Å². The number of anilines is 1. The van der Waals surface area contributed by atoms with Crippen molar-refractivity contribution in [2.24, 2.45) is 0 Å². The summed E-state index contributed by atoms with van der Waals surface area (Å²) in [6, 6.07) is 5.85. The van der Waals surface area contributed by atoms with E-state index in [0.717, 1.165) is 34.0 Å². The van der Waals surface area contributed by atoms with Gasteiger partial charge in [0.1, 0.15) is 11.6 Å². The lowest BCUT2D eigenvalue weighted by atomic mass is 10.1. The highest BCUT2D eigenvalue weighted by atomic mass is 32.2. The normalized spacial score (nSPS) is 16.0. The first kappa shape index (κ1) is 20.7. The molecule has 152 valence electrons. The lowest BCUT2D eigenvalue weighted by Gasteiger charge is -2.35. The zero-order valence-corrected chi connectivity index (χ0v) is 18.5. The van der Waals surface area contributed by atoms with Crippen LogP contribution in [-0.4, -0.2) is 48.9 Å². The predicted molar refractivity (Wildman–Crippen MR) is 112 cm³/mol. The van der Waals surface area contributed by atoms with Gasteiger partial charge in [-0.15, -0.1) is 0 Å². The topological polar surface area (TPSA) is 66.4 Å². The van der Waals surface area contributed by atoms with Crippen LogP contribution in [0.25, 0.3) is 0 Å². The molecule has 3 rings (SSSR count). The summed E-state index contributed by atoms with van der Waals surface area (Å²) in [5, 5.41) is 0. The summed E-state index contributed by atoms with van der Waals surface area (Å²) in [6.07, 6.45) is 0. The third kappa shape index (κ3) is 4.05. The van der Waals surface area contributed by atoms with E-state index < -0.39 is 10.0 Å². The molecule has 1 aliphatic rings. The zero-order valence-electron chi connectivity index (χ0n) is 17.7. The van der Waals surface area contributed by atoms with E-state index in [4.69, 9.17) is 0 Å². The Kier molecular flexibility index (Phi) is 5.77. The van der Waals surface area contributed by atoms with Crippen molar-refractivity contribution in [1.29, 1.82) is 0 Å². The van der Waals surface area contributed by atoms with Crippen molar-refractivity contribution < 1.29 is 8.42 Å². The van der Waals surface area contributed by atoms with E-state index in [1.807, 2.05) is 45.9 Å². The number of benzene rings is 1. The van der Waals surface area contributed by atoms with Gasteiger partial charge < -0.3 is 4.90 Å². The van der Waals surface area contributed by atoms with Crippen LogP contribution >= 0.6 is 0 Å². The van der Waals surface area contributed by atoms with E-state index in [9.17, 15) is 8.42 Å². The van der Waals surface area contributed by atoms with Gasteiger partial charge in [0.2, 0.25) is 10.0 Å². The molecule has 1 saturated heterocycles. The molecule has 2 heterocycles. The molecule has 0 unspecified atom stereocenters. The number of aryl methyl sites for hydroxylation is 4. The monoisotopic (exact) mass is 402 g/mol. The van der Waals surface area contributed by atoms with Gasteiger partial charge in [0, 0.05) is 43.9 Å². The maximum Gasteiger partial charge on any atom is 0.243 e. The molecule has 0 aliphatic carbocycles. The quantitative estimate of drug-likeness (QED) is 0.785. The smallest absolute Gasteiger partial charge is 0.243 e. The van der Waals surface area contributed by atoms with Gasteiger partial charge in [-0.25, -0.2) is 18.4 Å². The minimum Gasteiger partial charge on any atom is -0.354 e. The number of hydrogen-bond acceptors (Lipinski definition) is 5. The average Bonchev–Trinajstić information content (AvgIpc) is 2.60. The van der Waals surface area contributed by atoms with Crippen molar-refractivity contribution >= 4 is 15.8 Å². The standard InChI is InChI=1S/C21H30N4O2S/c1-14(2)21-22-18(6)13-19(23-21)24-7-9-25(10-8-24)28(26,27)20-16(4)11-15(3)12-17(20)5/h11-14H,7-10H2,1-6H3. The Labute approximate surface area is 168 Å². The fourth-order valence-corrected chi connectivity index (χ4v) is 5.69. The Hall–Kier alpha value is -1.99. The minimum absolute atomic E-state index is 0.257. The van der Waals surface area contributed by atoms with Crippen molar-refractivity contribution in [1.82, 2.24) is 14.3 Å². The van der Waals surface area contributed by atoms with E-state index in [-0.39, 0.29) is 5.92 Å². The third-order valence-electron chi connectivity index (χ3n) is 5.14. The molecule has 2 aromatic rings. The van der Waals surface area contributed by atoms with Gasteiger partial charge in [-0.2, -0.15) is 4.31 Å². The first-order valence-electron chi connectivity index (χ1n) is 9.78. The summed E-state index contributed by atoms with van der Waals surface area (Å²) >= 11 is 0. The van der Waals surface area contributed by atoms with Crippen molar-refractivity contribution in [3.63, 3.8) is 0 Å². The Morgan fingerprint density at radius 1 is 0.893 bits per heavy atom. The Balaban J connectivity index is 1.81. The highest BCUT2D eigenvalue weighted by Crippen LogP contribution is 2.27. The average molecular weight is 403 g/mol. The molecule has 0 bridgehead atoms. The third-order valence-corrected chi connectivity index (χ3v) is 7.34. The van der Waals surface area contributed by atoms with Gasteiger partial charge in [-0.1, -0.05) is 31.5 Å². The van der Waals surface area contributed by atoms with Gasteiger partial charge in [-0.3, -0.25) is 0 Å². The Bertz CT molecular complexity index is 955. The number of nitrogens with zero attached hydrogens (tertiary/aromatic N) is 4. The molecule has 1 aromatic heterocycles. The second-order valence-corrected chi connectivity index (χ2v) is 9.87. The van der Waals surface area contributed by atoms with Crippen molar-refractivity contribution in [3.05, 3.63) is 46.4 Å². The Morgan fingerprint density at radius 2 is 1.46 bits per heavy atom. The van der Waals surface area contributed by atoms with Crippen LogP contribution in [0.1, 0.15) is 48.0 Å². The van der Waals surface area contributed by atoms with Gasteiger partial charge in [0.15, 0.2) is 0 Å². The second kappa shape index (κ2) is 7.79. The summed E-state index contributed by atoms with van der Waals surface area (Å²) in [6.45, 7) is 14.0. The molecule has 0 saturated carbocycles. The molecule has 0 amide bonds. The van der Waals surface area contributed by atoms with Gasteiger partial charge in [-0.05, 0) is 38.8 Å². The van der Waals surface area contributed by atoms with E-state index >= 15 is 0 Å². The lowest BCUT2D eigenvalue weighted by Crippen LogP contribution is -2.49. The highest BCUT2D eigenvalue weighted by Gasteiger charge is 2.31. The van der Waals surface area contributed by atoms with Crippen LogP contribution in [0.4, 0.5) is 5.82 Å². The van der Waals surface area contributed by atoms with Crippen molar-refractivity contribution in [3.8, 4) is 0 Å². The van der Waals surface area contributed by atoms with Crippen molar-refractivity contribution in [2.75, 3.05) is 31.1 Å². The number of rotatable bonds is 4. The summed E-state index contributed by atoms with van der Waals surface area (Å²) in [5.41, 5.74) is 3.65. The van der Waals surface area contributed by atoms with E-state index in [2.05, 4.69) is 28.7 Å². The fraction of sp³-hybridized carbons (Fsp3) is 0.524. The SMILES string of the molecule is Cc1cc(C)c(S(=O)(=O)N2CCN(c3cc(C)nc(C(C)C)n3)CC2)c(C)c1. The van der Waals surface area contributed by atoms with Gasteiger partial charge >= 0.3 is 0 Å². The summed E-state index contributed by atoms with van der Waals surface area (Å²) < 4.78 is 28.1. The molecular formula is C21H30N4O2S. The number of aromatic nitrogens is 2. The molecule has 7 heteroatoms. The summed E-state index contributed by atoms with van der Waals surface area (Å²) in [7, 11) is -3.50. The zero-order chi connectivity index (χ0) is 20.6. The molecule has 0 spiro atoms. The molecule has 6 nitrogen and oxygen atoms in total. The largest absolute Gasteiger partial charge is 0.354 e. The number of piperazine rings is 1. The molecule has 1 fully saturated rings. The molecule has 28 heavy (non-hydrogen) atoms. The van der Waals surface area contributed by atoms with E-state index in [1.54, 1.807) is 4.31 Å². The minimum atomic E-state index is -3.50. The van der Waals surface area contributed by atoms with Gasteiger partial charge in [0.05, 0.1) is 4.90 Å². The van der Waals surface area contributed by atoms with Crippen LogP contribution in [0.2, 0.25) is 0 Å². The van der Waals surface area contributed by atoms with Crippen molar-refractivity contribution in [2.45, 2.75) is 52.4 Å². The summed E-state index contributed by atoms with van der Waals surface area (Å²) in [4.78, 5) is 11.8. The molecule has 1 aromatic carbocycles.